The Labute approximate surface area is 127 Å². The van der Waals surface area contributed by atoms with Crippen molar-refractivity contribution in [2.75, 3.05) is 41.8 Å². The van der Waals surface area contributed by atoms with Crippen LogP contribution in [0.25, 0.3) is 0 Å². The van der Waals surface area contributed by atoms with Crippen molar-refractivity contribution in [3.8, 4) is 6.07 Å². The predicted octanol–water partition coefficient (Wildman–Crippen LogP) is 1.89. The molecule has 1 aromatic rings. The molecule has 7 heteroatoms. The van der Waals surface area contributed by atoms with E-state index in [1.165, 1.54) is 11.3 Å². The van der Waals surface area contributed by atoms with Gasteiger partial charge < -0.3 is 16.0 Å². The molecule has 0 saturated carbocycles. The van der Waals surface area contributed by atoms with E-state index in [2.05, 4.69) is 16.3 Å². The van der Waals surface area contributed by atoms with Crippen molar-refractivity contribution in [3.05, 3.63) is 10.4 Å². The molecule has 5 nitrogen and oxygen atoms in total. The van der Waals surface area contributed by atoms with Crippen molar-refractivity contribution in [1.29, 1.82) is 5.26 Å². The number of thiophene rings is 1. The zero-order valence-electron chi connectivity index (χ0n) is 11.4. The third kappa shape index (κ3) is 3.02. The van der Waals surface area contributed by atoms with Crippen molar-refractivity contribution in [3.63, 3.8) is 0 Å². The summed E-state index contributed by atoms with van der Waals surface area (Å²) in [6.07, 6.45) is 0.873. The first-order valence-corrected chi connectivity index (χ1v) is 8.59. The second-order valence-electron chi connectivity index (χ2n) is 4.49. The number of nitrogens with one attached hydrogen (secondary N) is 1. The van der Waals surface area contributed by atoms with E-state index in [1.807, 2.05) is 18.7 Å². The predicted molar refractivity (Wildman–Crippen MR) is 85.6 cm³/mol. The fraction of sp³-hybridized carbons (Fsp3) is 0.538. The standard InChI is InChI=1S/C13H18N4OS2/c1-2-3-16-12(18)11-10(15)9(8-14)13(20-11)17-4-6-19-7-5-17/h2-7,15H2,1H3,(H,16,18). The minimum Gasteiger partial charge on any atom is -0.396 e. The Hall–Kier alpha value is -1.39. The van der Waals surface area contributed by atoms with E-state index < -0.39 is 0 Å². The van der Waals surface area contributed by atoms with Gasteiger partial charge in [-0.05, 0) is 6.42 Å². The van der Waals surface area contributed by atoms with Gasteiger partial charge in [0.2, 0.25) is 0 Å². The summed E-state index contributed by atoms with van der Waals surface area (Å²) >= 11 is 3.24. The minimum atomic E-state index is -0.177. The Bertz CT molecular complexity index is 529. The molecule has 0 spiro atoms. The van der Waals surface area contributed by atoms with Crippen LogP contribution in [-0.4, -0.2) is 37.0 Å². The summed E-state index contributed by atoms with van der Waals surface area (Å²) in [4.78, 5) is 14.7. The van der Waals surface area contributed by atoms with Gasteiger partial charge in [-0.3, -0.25) is 4.79 Å². The summed E-state index contributed by atoms with van der Waals surface area (Å²) in [5, 5.41) is 13.0. The van der Waals surface area contributed by atoms with Gasteiger partial charge in [-0.1, -0.05) is 6.92 Å². The third-order valence-corrected chi connectivity index (χ3v) is 5.29. The van der Waals surface area contributed by atoms with Crippen LogP contribution in [-0.2, 0) is 0 Å². The number of nitrogens with two attached hydrogens (primary N) is 1. The number of carbonyl (C=O) groups is 1. The fourth-order valence-corrected chi connectivity index (χ4v) is 4.06. The Morgan fingerprint density at radius 2 is 2.20 bits per heavy atom. The Morgan fingerprint density at radius 1 is 1.50 bits per heavy atom. The highest BCUT2D eigenvalue weighted by molar-refractivity contribution is 7.99. The first-order valence-electron chi connectivity index (χ1n) is 6.62. The molecule has 2 rings (SSSR count). The SMILES string of the molecule is CCCNC(=O)c1sc(N2CCSCC2)c(C#N)c1N. The monoisotopic (exact) mass is 310 g/mol. The zero-order chi connectivity index (χ0) is 14.5. The summed E-state index contributed by atoms with van der Waals surface area (Å²) < 4.78 is 0. The van der Waals surface area contributed by atoms with Crippen LogP contribution in [0.3, 0.4) is 0 Å². The maximum absolute atomic E-state index is 12.1. The lowest BCUT2D eigenvalue weighted by Crippen LogP contribution is -2.32. The molecule has 108 valence electrons. The van der Waals surface area contributed by atoms with Crippen molar-refractivity contribution >= 4 is 39.7 Å². The molecule has 1 aromatic heterocycles. The average Bonchev–Trinajstić information content (AvgIpc) is 2.82. The van der Waals surface area contributed by atoms with Gasteiger partial charge in [0.25, 0.3) is 5.91 Å². The number of carbonyl (C=O) groups excluding carboxylic acids is 1. The number of nitriles is 1. The van der Waals surface area contributed by atoms with E-state index >= 15 is 0 Å². The van der Waals surface area contributed by atoms with Crippen LogP contribution < -0.4 is 16.0 Å². The van der Waals surface area contributed by atoms with E-state index in [4.69, 9.17) is 5.73 Å². The van der Waals surface area contributed by atoms with E-state index in [9.17, 15) is 10.1 Å². The van der Waals surface area contributed by atoms with Gasteiger partial charge in [-0.2, -0.15) is 17.0 Å². The second kappa shape index (κ2) is 6.86. The second-order valence-corrected chi connectivity index (χ2v) is 6.72. The average molecular weight is 310 g/mol. The molecule has 1 aliphatic rings. The number of rotatable bonds is 4. The third-order valence-electron chi connectivity index (χ3n) is 3.08. The lowest BCUT2D eigenvalue weighted by atomic mass is 10.2. The van der Waals surface area contributed by atoms with E-state index in [0.29, 0.717) is 22.7 Å². The molecule has 1 saturated heterocycles. The molecule has 1 fully saturated rings. The van der Waals surface area contributed by atoms with Crippen molar-refractivity contribution in [1.82, 2.24) is 5.32 Å². The first kappa shape index (κ1) is 15.0. The van der Waals surface area contributed by atoms with Crippen LogP contribution in [0.2, 0.25) is 0 Å². The van der Waals surface area contributed by atoms with Crippen LogP contribution in [0, 0.1) is 11.3 Å². The lowest BCUT2D eigenvalue weighted by molar-refractivity contribution is 0.0958. The van der Waals surface area contributed by atoms with Crippen molar-refractivity contribution in [2.45, 2.75) is 13.3 Å². The molecule has 0 radical (unpaired) electrons. The number of nitrogen functional groups attached to an aromatic ring is 1. The van der Waals surface area contributed by atoms with Crippen molar-refractivity contribution in [2.24, 2.45) is 0 Å². The molecular weight excluding hydrogens is 292 g/mol. The summed E-state index contributed by atoms with van der Waals surface area (Å²) in [5.74, 6) is 1.91. The Morgan fingerprint density at radius 3 is 2.80 bits per heavy atom. The molecule has 1 aliphatic heterocycles. The topological polar surface area (TPSA) is 82.2 Å². The molecule has 0 aromatic carbocycles. The van der Waals surface area contributed by atoms with Gasteiger partial charge in [-0.25, -0.2) is 0 Å². The number of hydrogen-bond acceptors (Lipinski definition) is 6. The minimum absolute atomic E-state index is 0.177. The van der Waals surface area contributed by atoms with E-state index in [-0.39, 0.29) is 5.91 Å². The van der Waals surface area contributed by atoms with Gasteiger partial charge in [-0.15, -0.1) is 11.3 Å². The van der Waals surface area contributed by atoms with E-state index in [0.717, 1.165) is 36.0 Å². The fourth-order valence-electron chi connectivity index (χ4n) is 2.02. The molecule has 3 N–H and O–H groups in total. The Balaban J connectivity index is 2.29. The van der Waals surface area contributed by atoms with Gasteiger partial charge in [0.05, 0.1) is 5.69 Å². The highest BCUT2D eigenvalue weighted by Crippen LogP contribution is 2.38. The molecular formula is C13H18N4OS2. The van der Waals surface area contributed by atoms with Crippen LogP contribution in [0.15, 0.2) is 0 Å². The number of thioether (sulfide) groups is 1. The molecule has 2 heterocycles. The number of amides is 1. The molecule has 0 atom stereocenters. The van der Waals surface area contributed by atoms with Crippen LogP contribution >= 0.6 is 23.1 Å². The van der Waals surface area contributed by atoms with Gasteiger partial charge in [0.1, 0.15) is 21.5 Å². The molecule has 0 aliphatic carbocycles. The molecule has 1 amide bonds. The van der Waals surface area contributed by atoms with E-state index in [1.54, 1.807) is 0 Å². The highest BCUT2D eigenvalue weighted by atomic mass is 32.2. The van der Waals surface area contributed by atoms with Gasteiger partial charge >= 0.3 is 0 Å². The first-order chi connectivity index (χ1) is 9.69. The largest absolute Gasteiger partial charge is 0.396 e. The summed E-state index contributed by atoms with van der Waals surface area (Å²) in [6, 6.07) is 2.15. The highest BCUT2D eigenvalue weighted by Gasteiger charge is 2.25. The van der Waals surface area contributed by atoms with Crippen molar-refractivity contribution < 1.29 is 4.79 Å². The molecule has 0 bridgehead atoms. The smallest absolute Gasteiger partial charge is 0.263 e. The number of nitrogens with zero attached hydrogens (tertiary/aromatic N) is 2. The molecule has 0 unspecified atom stereocenters. The molecule has 20 heavy (non-hydrogen) atoms. The normalized spacial score (nSPS) is 14.9. The van der Waals surface area contributed by atoms with Gasteiger partial charge in [0.15, 0.2) is 0 Å². The maximum atomic E-state index is 12.1. The summed E-state index contributed by atoms with van der Waals surface area (Å²) in [6.45, 7) is 4.41. The van der Waals surface area contributed by atoms with Crippen LogP contribution in [0.5, 0.6) is 0 Å². The zero-order valence-corrected chi connectivity index (χ0v) is 13.1. The quantitative estimate of drug-likeness (QED) is 0.887. The lowest BCUT2D eigenvalue weighted by Gasteiger charge is -2.27. The summed E-state index contributed by atoms with van der Waals surface area (Å²) in [5.41, 5.74) is 6.76. The summed E-state index contributed by atoms with van der Waals surface area (Å²) in [7, 11) is 0. The number of hydrogen-bond donors (Lipinski definition) is 2. The number of anilines is 2. The van der Waals surface area contributed by atoms with Gasteiger partial charge in [0, 0.05) is 31.1 Å². The van der Waals surface area contributed by atoms with Crippen LogP contribution in [0.4, 0.5) is 10.7 Å². The maximum Gasteiger partial charge on any atom is 0.263 e. The Kier molecular flexibility index (Phi) is 5.15. The van der Waals surface area contributed by atoms with Crippen LogP contribution in [0.1, 0.15) is 28.6 Å².